The SMILES string of the molecule is CCCCCCCN(CCc1cccc([S+]([O-])C(C)(C)C(=O)O)c1)C(=O)Nc1ccc(F)cc1F. The Morgan fingerprint density at radius 3 is 2.43 bits per heavy atom. The second-order valence-corrected chi connectivity index (χ2v) is 11.0. The Kier molecular flexibility index (Phi) is 11.0. The number of carboxylic acids is 1. The first-order chi connectivity index (χ1) is 16.6. The molecule has 0 aromatic heterocycles. The summed E-state index contributed by atoms with van der Waals surface area (Å²) in [5, 5.41) is 11.9. The fourth-order valence-corrected chi connectivity index (χ4v) is 4.67. The Morgan fingerprint density at radius 2 is 1.77 bits per heavy atom. The molecule has 2 aromatic carbocycles. The van der Waals surface area contributed by atoms with E-state index in [9.17, 15) is 28.0 Å². The monoisotopic (exact) mass is 508 g/mol. The van der Waals surface area contributed by atoms with Gasteiger partial charge in [-0.05, 0) is 56.5 Å². The van der Waals surface area contributed by atoms with Crippen LogP contribution in [0, 0.1) is 11.6 Å². The van der Waals surface area contributed by atoms with E-state index in [0.29, 0.717) is 24.4 Å². The minimum Gasteiger partial charge on any atom is -0.611 e. The summed E-state index contributed by atoms with van der Waals surface area (Å²) >= 11 is -1.76. The molecule has 2 aromatic rings. The summed E-state index contributed by atoms with van der Waals surface area (Å²) in [6.45, 7) is 5.74. The highest BCUT2D eigenvalue weighted by molar-refractivity contribution is 7.93. The molecule has 0 aliphatic rings. The number of urea groups is 1. The molecule has 6 nitrogen and oxygen atoms in total. The van der Waals surface area contributed by atoms with Crippen LogP contribution < -0.4 is 5.32 Å². The number of hydrogen-bond donors (Lipinski definition) is 2. The third-order valence-corrected chi connectivity index (χ3v) is 7.54. The number of rotatable bonds is 13. The zero-order valence-corrected chi connectivity index (χ0v) is 21.3. The van der Waals surface area contributed by atoms with Crippen LogP contribution in [0.2, 0.25) is 0 Å². The third kappa shape index (κ3) is 8.50. The second-order valence-electron chi connectivity index (χ2n) is 8.94. The van der Waals surface area contributed by atoms with Crippen molar-refractivity contribution < 1.29 is 28.0 Å². The normalized spacial score (nSPS) is 12.3. The number of benzene rings is 2. The van der Waals surface area contributed by atoms with Crippen molar-refractivity contribution in [3.8, 4) is 0 Å². The number of aliphatic carboxylic acids is 1. The molecule has 1 unspecified atom stereocenters. The first-order valence-electron chi connectivity index (χ1n) is 11.8. The van der Waals surface area contributed by atoms with Gasteiger partial charge >= 0.3 is 12.0 Å². The molecule has 0 bridgehead atoms. The van der Waals surface area contributed by atoms with Gasteiger partial charge in [0.1, 0.15) is 11.6 Å². The van der Waals surface area contributed by atoms with E-state index in [1.165, 1.54) is 19.9 Å². The number of amides is 2. The standard InChI is InChI=1S/C26H34F2N2O4S/c1-4-5-6-7-8-15-30(25(33)29-23-13-12-20(27)18-22(23)28)16-14-19-10-9-11-21(17-19)35(34)26(2,3)24(31)32/h9-13,17-18H,4-8,14-16H2,1-3H3,(H,29,33)(H,31,32). The van der Waals surface area contributed by atoms with Gasteiger partial charge in [0.05, 0.1) is 5.69 Å². The average molecular weight is 509 g/mol. The molecule has 2 N–H and O–H groups in total. The molecule has 0 radical (unpaired) electrons. The van der Waals surface area contributed by atoms with Crippen LogP contribution in [-0.2, 0) is 22.4 Å². The molecule has 192 valence electrons. The summed E-state index contributed by atoms with van der Waals surface area (Å²) < 4.78 is 38.6. The highest BCUT2D eigenvalue weighted by Crippen LogP contribution is 2.26. The molecule has 0 aliphatic carbocycles. The number of nitrogens with one attached hydrogen (secondary N) is 1. The van der Waals surface area contributed by atoms with E-state index in [-0.39, 0.29) is 5.69 Å². The number of hydrogen-bond acceptors (Lipinski definition) is 3. The molecule has 0 saturated heterocycles. The van der Waals surface area contributed by atoms with Gasteiger partial charge in [-0.25, -0.2) is 18.4 Å². The van der Waals surface area contributed by atoms with Crippen molar-refractivity contribution >= 4 is 28.9 Å². The van der Waals surface area contributed by atoms with Crippen LogP contribution in [0.15, 0.2) is 47.4 Å². The Bertz CT molecular complexity index is 1000. The lowest BCUT2D eigenvalue weighted by Crippen LogP contribution is -2.40. The minimum atomic E-state index is -1.76. The lowest BCUT2D eigenvalue weighted by Gasteiger charge is -2.25. The van der Waals surface area contributed by atoms with E-state index in [1.807, 2.05) is 6.07 Å². The summed E-state index contributed by atoms with van der Waals surface area (Å²) in [4.78, 5) is 26.4. The zero-order chi connectivity index (χ0) is 26.0. The number of carbonyl (C=O) groups excluding carboxylic acids is 1. The van der Waals surface area contributed by atoms with Gasteiger partial charge in [0, 0.05) is 30.3 Å². The topological polar surface area (TPSA) is 92.7 Å². The average Bonchev–Trinajstić information content (AvgIpc) is 2.82. The summed E-state index contributed by atoms with van der Waals surface area (Å²) in [7, 11) is 0. The van der Waals surface area contributed by atoms with Gasteiger partial charge in [0.25, 0.3) is 0 Å². The van der Waals surface area contributed by atoms with Gasteiger partial charge < -0.3 is 19.9 Å². The van der Waals surface area contributed by atoms with Crippen LogP contribution in [0.4, 0.5) is 19.3 Å². The number of nitrogens with zero attached hydrogens (tertiary/aromatic N) is 1. The van der Waals surface area contributed by atoms with E-state index in [2.05, 4.69) is 12.2 Å². The van der Waals surface area contributed by atoms with E-state index >= 15 is 0 Å². The third-order valence-electron chi connectivity index (χ3n) is 5.75. The molecule has 0 fully saturated rings. The summed E-state index contributed by atoms with van der Waals surface area (Å²) in [6.07, 6.45) is 5.46. The number of carbonyl (C=O) groups is 2. The van der Waals surface area contributed by atoms with E-state index in [0.717, 1.165) is 49.8 Å². The van der Waals surface area contributed by atoms with E-state index < -0.39 is 39.6 Å². The molecule has 0 heterocycles. The Balaban J connectivity index is 2.11. The van der Waals surface area contributed by atoms with E-state index in [4.69, 9.17) is 0 Å². The maximum atomic E-state index is 14.0. The fourth-order valence-electron chi connectivity index (χ4n) is 3.46. The quantitative estimate of drug-likeness (QED) is 0.257. The summed E-state index contributed by atoms with van der Waals surface area (Å²) in [5.41, 5.74) is 0.703. The van der Waals surface area contributed by atoms with Crippen molar-refractivity contribution in [2.75, 3.05) is 18.4 Å². The molecule has 0 saturated carbocycles. The highest BCUT2D eigenvalue weighted by Gasteiger charge is 2.41. The van der Waals surface area contributed by atoms with Crippen molar-refractivity contribution in [3.05, 3.63) is 59.7 Å². The van der Waals surface area contributed by atoms with Crippen molar-refractivity contribution in [2.45, 2.75) is 68.9 Å². The van der Waals surface area contributed by atoms with Crippen molar-refractivity contribution in [2.24, 2.45) is 0 Å². The Morgan fingerprint density at radius 1 is 1.06 bits per heavy atom. The van der Waals surface area contributed by atoms with E-state index in [1.54, 1.807) is 23.1 Å². The zero-order valence-electron chi connectivity index (χ0n) is 20.5. The molecule has 2 rings (SSSR count). The van der Waals surface area contributed by atoms with Crippen LogP contribution in [0.1, 0.15) is 58.4 Å². The van der Waals surface area contributed by atoms with Crippen LogP contribution in [-0.4, -0.2) is 44.4 Å². The lowest BCUT2D eigenvalue weighted by atomic mass is 10.1. The first kappa shape index (κ1) is 28.6. The highest BCUT2D eigenvalue weighted by atomic mass is 32.2. The van der Waals surface area contributed by atoms with Gasteiger partial charge in [-0.2, -0.15) is 0 Å². The number of unbranched alkanes of at least 4 members (excludes halogenated alkanes) is 4. The molecule has 0 spiro atoms. The van der Waals surface area contributed by atoms with Crippen LogP contribution >= 0.6 is 0 Å². The van der Waals surface area contributed by atoms with Crippen LogP contribution in [0.3, 0.4) is 0 Å². The van der Waals surface area contributed by atoms with Crippen LogP contribution in [0.5, 0.6) is 0 Å². The molecule has 0 aliphatic heterocycles. The van der Waals surface area contributed by atoms with Gasteiger partial charge in [-0.15, -0.1) is 0 Å². The molecule has 1 atom stereocenters. The maximum Gasteiger partial charge on any atom is 0.360 e. The first-order valence-corrected chi connectivity index (χ1v) is 13.0. The molecular weight excluding hydrogens is 474 g/mol. The number of anilines is 1. The summed E-state index contributed by atoms with van der Waals surface area (Å²) in [5.74, 6) is -2.73. The van der Waals surface area contributed by atoms with Crippen LogP contribution in [0.25, 0.3) is 0 Å². The Hall–Kier alpha value is -2.65. The van der Waals surface area contributed by atoms with Crippen molar-refractivity contribution in [1.82, 2.24) is 4.90 Å². The van der Waals surface area contributed by atoms with Gasteiger partial charge in [-0.1, -0.05) is 44.7 Å². The molecule has 2 amide bonds. The predicted molar refractivity (Wildman–Crippen MR) is 134 cm³/mol. The predicted octanol–water partition coefficient (Wildman–Crippen LogP) is 5.98. The minimum absolute atomic E-state index is 0.0966. The summed E-state index contributed by atoms with van der Waals surface area (Å²) in [6, 6.07) is 9.35. The number of carboxylic acid groups (broad SMARTS) is 1. The van der Waals surface area contributed by atoms with Crippen molar-refractivity contribution in [3.63, 3.8) is 0 Å². The largest absolute Gasteiger partial charge is 0.611 e. The van der Waals surface area contributed by atoms with Gasteiger partial charge in [0.15, 0.2) is 4.90 Å². The maximum absolute atomic E-state index is 14.0. The molecule has 35 heavy (non-hydrogen) atoms. The molecular formula is C26H34F2N2O4S. The number of halogens is 2. The van der Waals surface area contributed by atoms with Crippen molar-refractivity contribution in [1.29, 1.82) is 0 Å². The van der Waals surface area contributed by atoms with Gasteiger partial charge in [-0.3, -0.25) is 0 Å². The second kappa shape index (κ2) is 13.4. The van der Waals surface area contributed by atoms with Gasteiger partial charge in [0.2, 0.25) is 4.75 Å². The Labute approximate surface area is 208 Å². The lowest BCUT2D eigenvalue weighted by molar-refractivity contribution is -0.139. The fraction of sp³-hybridized carbons (Fsp3) is 0.462. The molecule has 9 heteroatoms. The smallest absolute Gasteiger partial charge is 0.360 e.